The van der Waals surface area contributed by atoms with Gasteiger partial charge in [0.2, 0.25) is 5.91 Å². The Morgan fingerprint density at radius 1 is 1.13 bits per heavy atom. The number of nitrogens with one attached hydrogen (secondary N) is 2. The van der Waals surface area contributed by atoms with Gasteiger partial charge in [-0.25, -0.2) is 0 Å². The minimum atomic E-state index is -0.531. The number of rotatable bonds is 6. The van der Waals surface area contributed by atoms with Gasteiger partial charge >= 0.3 is 5.97 Å². The molecule has 3 amide bonds. The molecule has 3 rings (SSSR count). The Balaban J connectivity index is 1.47. The molecule has 1 aromatic carbocycles. The first-order valence-electron chi connectivity index (χ1n) is 10.9. The van der Waals surface area contributed by atoms with Crippen LogP contribution in [0.25, 0.3) is 0 Å². The molecule has 8 nitrogen and oxygen atoms in total. The van der Waals surface area contributed by atoms with Gasteiger partial charge < -0.3 is 20.3 Å². The van der Waals surface area contributed by atoms with Crippen LogP contribution in [0.5, 0.6) is 0 Å². The molecule has 31 heavy (non-hydrogen) atoms. The Labute approximate surface area is 182 Å². The number of hydrogen-bond acceptors (Lipinski definition) is 5. The van der Waals surface area contributed by atoms with E-state index in [9.17, 15) is 19.2 Å². The average Bonchev–Trinajstić information content (AvgIpc) is 3.15. The zero-order chi connectivity index (χ0) is 22.5. The second kappa shape index (κ2) is 9.94. The lowest BCUT2D eigenvalue weighted by Gasteiger charge is -2.39. The smallest absolute Gasteiger partial charge is 0.311 e. The number of amides is 3. The van der Waals surface area contributed by atoms with E-state index in [-0.39, 0.29) is 24.3 Å². The lowest BCUT2D eigenvalue weighted by atomic mass is 9.77. The summed E-state index contributed by atoms with van der Waals surface area (Å²) in [6, 6.07) is 6.56. The van der Waals surface area contributed by atoms with E-state index in [0.717, 1.165) is 12.8 Å². The minimum Gasteiger partial charge on any atom is -0.455 e. The van der Waals surface area contributed by atoms with Crippen LogP contribution in [0.15, 0.2) is 24.3 Å². The van der Waals surface area contributed by atoms with Crippen molar-refractivity contribution in [1.29, 1.82) is 0 Å². The van der Waals surface area contributed by atoms with Crippen LogP contribution in [0, 0.1) is 17.8 Å². The third kappa shape index (κ3) is 5.42. The molecule has 0 radical (unpaired) electrons. The van der Waals surface area contributed by atoms with Crippen LogP contribution in [0.1, 0.15) is 49.9 Å². The van der Waals surface area contributed by atoms with Gasteiger partial charge in [-0.1, -0.05) is 26.7 Å². The first-order chi connectivity index (χ1) is 14.8. The first-order valence-corrected chi connectivity index (χ1v) is 10.9. The van der Waals surface area contributed by atoms with Gasteiger partial charge in [0.05, 0.1) is 5.92 Å². The van der Waals surface area contributed by atoms with Crippen molar-refractivity contribution in [2.24, 2.45) is 17.8 Å². The van der Waals surface area contributed by atoms with Gasteiger partial charge in [-0.3, -0.25) is 19.2 Å². The summed E-state index contributed by atoms with van der Waals surface area (Å²) >= 11 is 0. The van der Waals surface area contributed by atoms with Crippen molar-refractivity contribution in [3.05, 3.63) is 29.8 Å². The highest BCUT2D eigenvalue weighted by molar-refractivity contribution is 5.96. The minimum absolute atomic E-state index is 0.00597. The quantitative estimate of drug-likeness (QED) is 0.675. The van der Waals surface area contributed by atoms with Gasteiger partial charge in [0, 0.05) is 37.3 Å². The number of benzene rings is 1. The average molecular weight is 430 g/mol. The van der Waals surface area contributed by atoms with Crippen LogP contribution < -0.4 is 10.6 Å². The predicted octanol–water partition coefficient (Wildman–Crippen LogP) is 2.20. The molecule has 1 aromatic rings. The number of carbonyl (C=O) groups excluding carboxylic acids is 4. The molecular weight excluding hydrogens is 398 g/mol. The number of carbonyl (C=O) groups is 4. The van der Waals surface area contributed by atoms with Gasteiger partial charge in [0.15, 0.2) is 6.61 Å². The summed E-state index contributed by atoms with van der Waals surface area (Å²) in [5.74, 6) is -0.775. The number of hydrogen-bond donors (Lipinski definition) is 2. The van der Waals surface area contributed by atoms with Gasteiger partial charge in [0.25, 0.3) is 11.8 Å². The highest BCUT2D eigenvalue weighted by Crippen LogP contribution is 2.35. The number of ether oxygens (including phenoxy) is 1. The van der Waals surface area contributed by atoms with Crippen LogP contribution in [0.3, 0.4) is 0 Å². The number of anilines is 1. The summed E-state index contributed by atoms with van der Waals surface area (Å²) in [7, 11) is 1.54. The highest BCUT2D eigenvalue weighted by atomic mass is 16.5. The summed E-state index contributed by atoms with van der Waals surface area (Å²) < 4.78 is 5.18. The fourth-order valence-corrected chi connectivity index (χ4v) is 4.50. The normalized spacial score (nSPS) is 25.8. The topological polar surface area (TPSA) is 105 Å². The van der Waals surface area contributed by atoms with E-state index in [1.165, 1.54) is 6.42 Å². The Morgan fingerprint density at radius 2 is 1.84 bits per heavy atom. The van der Waals surface area contributed by atoms with Gasteiger partial charge in [0.1, 0.15) is 0 Å². The fourth-order valence-electron chi connectivity index (χ4n) is 4.50. The van der Waals surface area contributed by atoms with Crippen molar-refractivity contribution in [3.63, 3.8) is 0 Å². The fraction of sp³-hybridized carbons (Fsp3) is 0.565. The van der Waals surface area contributed by atoms with Crippen LogP contribution in [-0.2, 0) is 19.1 Å². The molecule has 0 unspecified atom stereocenters. The van der Waals surface area contributed by atoms with E-state index in [2.05, 4.69) is 24.5 Å². The van der Waals surface area contributed by atoms with Crippen molar-refractivity contribution in [2.75, 3.05) is 25.5 Å². The van der Waals surface area contributed by atoms with Crippen LogP contribution in [0.2, 0.25) is 0 Å². The van der Waals surface area contributed by atoms with E-state index in [1.54, 1.807) is 31.3 Å². The summed E-state index contributed by atoms with van der Waals surface area (Å²) in [5.41, 5.74) is 0.973. The Kier molecular flexibility index (Phi) is 7.30. The maximum absolute atomic E-state index is 12.5. The Bertz CT molecular complexity index is 838. The maximum Gasteiger partial charge on any atom is 0.311 e. The van der Waals surface area contributed by atoms with Gasteiger partial charge in [-0.2, -0.15) is 0 Å². The second-order valence-electron chi connectivity index (χ2n) is 8.59. The van der Waals surface area contributed by atoms with E-state index in [0.29, 0.717) is 29.6 Å². The summed E-state index contributed by atoms with van der Waals surface area (Å²) in [4.78, 5) is 50.5. The molecule has 1 aliphatic carbocycles. The molecule has 1 saturated carbocycles. The molecule has 0 aromatic heterocycles. The standard InChI is InChI=1S/C23H31N3O5/c1-14-5-4-6-19(15(14)2)26-12-17(11-21(26)28)23(30)31-13-20(27)25-18-9-7-16(8-10-18)22(29)24-3/h7-10,14-15,17,19H,4-6,11-13H2,1-3H3,(H,24,29)(H,25,27)/t14-,15-,17-,19+/m1/s1. The molecule has 0 spiro atoms. The molecule has 0 bridgehead atoms. The summed E-state index contributed by atoms with van der Waals surface area (Å²) in [6.45, 7) is 4.34. The number of nitrogens with zero attached hydrogens (tertiary/aromatic N) is 1. The molecular formula is C23H31N3O5. The lowest BCUT2D eigenvalue weighted by molar-refractivity contribution is -0.151. The maximum atomic E-state index is 12.5. The molecule has 2 N–H and O–H groups in total. The zero-order valence-corrected chi connectivity index (χ0v) is 18.3. The first kappa shape index (κ1) is 22.8. The van der Waals surface area contributed by atoms with Crippen molar-refractivity contribution in [3.8, 4) is 0 Å². The summed E-state index contributed by atoms with van der Waals surface area (Å²) in [6.07, 6.45) is 3.38. The molecule has 1 saturated heterocycles. The lowest BCUT2D eigenvalue weighted by Crippen LogP contribution is -2.45. The van der Waals surface area contributed by atoms with Crippen LogP contribution in [0.4, 0.5) is 5.69 Å². The van der Waals surface area contributed by atoms with Gasteiger partial charge in [-0.15, -0.1) is 0 Å². The zero-order valence-electron chi connectivity index (χ0n) is 18.3. The second-order valence-corrected chi connectivity index (χ2v) is 8.59. The van der Waals surface area contributed by atoms with E-state index >= 15 is 0 Å². The molecule has 2 fully saturated rings. The molecule has 1 aliphatic heterocycles. The monoisotopic (exact) mass is 429 g/mol. The van der Waals surface area contributed by atoms with Crippen molar-refractivity contribution in [1.82, 2.24) is 10.2 Å². The van der Waals surface area contributed by atoms with Crippen molar-refractivity contribution >= 4 is 29.4 Å². The van der Waals surface area contributed by atoms with Crippen molar-refractivity contribution < 1.29 is 23.9 Å². The van der Waals surface area contributed by atoms with E-state index in [1.807, 2.05) is 4.90 Å². The predicted molar refractivity (Wildman–Crippen MR) is 115 cm³/mol. The molecule has 8 heteroatoms. The SMILES string of the molecule is CNC(=O)c1ccc(NC(=O)COC(=O)[C@@H]2CC(=O)N([C@H]3CCC[C@@H](C)[C@H]3C)C2)cc1. The molecule has 4 atom stereocenters. The van der Waals surface area contributed by atoms with Crippen LogP contribution in [-0.4, -0.2) is 54.8 Å². The number of esters is 1. The van der Waals surface area contributed by atoms with Crippen molar-refractivity contribution in [2.45, 2.75) is 45.6 Å². The Hall–Kier alpha value is -2.90. The third-order valence-corrected chi connectivity index (χ3v) is 6.56. The summed E-state index contributed by atoms with van der Waals surface area (Å²) in [5, 5.41) is 5.15. The third-order valence-electron chi connectivity index (χ3n) is 6.56. The molecule has 2 aliphatic rings. The highest BCUT2D eigenvalue weighted by Gasteiger charge is 2.42. The molecule has 1 heterocycles. The largest absolute Gasteiger partial charge is 0.455 e. The number of likely N-dealkylation sites (tertiary alicyclic amines) is 1. The Morgan fingerprint density at radius 3 is 2.52 bits per heavy atom. The molecule has 168 valence electrons. The van der Waals surface area contributed by atoms with Gasteiger partial charge in [-0.05, 0) is 42.5 Å². The van der Waals surface area contributed by atoms with Crippen LogP contribution >= 0.6 is 0 Å². The van der Waals surface area contributed by atoms with E-state index < -0.39 is 24.4 Å². The van der Waals surface area contributed by atoms with E-state index in [4.69, 9.17) is 4.74 Å².